The minimum absolute atomic E-state index is 0.158. The molecule has 0 N–H and O–H groups in total. The second-order valence-electron chi connectivity index (χ2n) is 13.1. The van der Waals surface area contributed by atoms with Gasteiger partial charge in [-0.15, -0.1) is 0 Å². The van der Waals surface area contributed by atoms with Gasteiger partial charge in [0, 0.05) is 21.4 Å². The predicted octanol–water partition coefficient (Wildman–Crippen LogP) is 7.55. The van der Waals surface area contributed by atoms with E-state index in [0.717, 1.165) is 13.2 Å². The topological polar surface area (TPSA) is 18.5 Å². The van der Waals surface area contributed by atoms with Crippen LogP contribution in [0.4, 0.5) is 0 Å². The summed E-state index contributed by atoms with van der Waals surface area (Å²) in [6.07, 6.45) is 7.79. The van der Waals surface area contributed by atoms with E-state index in [4.69, 9.17) is 9.47 Å². The predicted molar refractivity (Wildman–Crippen MR) is 136 cm³/mol. The minimum Gasteiger partial charge on any atom is -0.393 e. The fourth-order valence-electron chi connectivity index (χ4n) is 6.34. The highest BCUT2D eigenvalue weighted by atomic mass is 28.3. The zero-order chi connectivity index (χ0) is 22.4. The third kappa shape index (κ3) is 4.16. The zero-order valence-electron chi connectivity index (χ0n) is 21.8. The molecule has 0 aromatic heterocycles. The smallest absolute Gasteiger partial charge is 0.347 e. The van der Waals surface area contributed by atoms with Gasteiger partial charge in [0.1, 0.15) is 0 Å². The van der Waals surface area contributed by atoms with Gasteiger partial charge in [0.15, 0.2) is 0 Å². The lowest BCUT2D eigenvalue weighted by atomic mass is 10.2. The molecule has 0 bridgehead atoms. The van der Waals surface area contributed by atoms with Crippen LogP contribution in [-0.4, -0.2) is 51.7 Å². The van der Waals surface area contributed by atoms with Crippen LogP contribution in [0, 0.1) is 0 Å². The van der Waals surface area contributed by atoms with Gasteiger partial charge in [0.25, 0.3) is 0 Å². The molecule has 2 aliphatic rings. The van der Waals surface area contributed by atoms with E-state index < -0.39 is 30.3 Å². The monoisotopic (exact) mass is 454 g/mol. The van der Waals surface area contributed by atoms with Crippen molar-refractivity contribution < 1.29 is 9.47 Å². The molecule has 0 aromatic rings. The molecule has 0 radical (unpaired) electrons. The van der Waals surface area contributed by atoms with Crippen molar-refractivity contribution in [1.82, 2.24) is 0 Å². The first-order valence-electron chi connectivity index (χ1n) is 12.4. The SMILES string of the molecule is C[CH2][Al]([C]1([Si](C)(C)C(C)(C)C)CCCCO1)[C]1([Si](C)(C)C(C)(C)C)CCCCO1. The Morgan fingerprint density at radius 1 is 0.690 bits per heavy atom. The van der Waals surface area contributed by atoms with Crippen LogP contribution in [0.1, 0.15) is 87.0 Å². The molecule has 2 aliphatic heterocycles. The van der Waals surface area contributed by atoms with E-state index in [9.17, 15) is 0 Å². The molecule has 5 heteroatoms. The molecule has 2 nitrogen and oxygen atoms in total. The van der Waals surface area contributed by atoms with Gasteiger partial charge >= 0.3 is 14.1 Å². The van der Waals surface area contributed by atoms with Gasteiger partial charge in [-0.3, -0.25) is 0 Å². The van der Waals surface area contributed by atoms with Crippen molar-refractivity contribution in [3.05, 3.63) is 0 Å². The van der Waals surface area contributed by atoms with Gasteiger partial charge < -0.3 is 9.47 Å². The summed E-state index contributed by atoms with van der Waals surface area (Å²) in [5.74, 6) is 0. The van der Waals surface area contributed by atoms with Crippen molar-refractivity contribution in [2.45, 2.75) is 137 Å². The summed E-state index contributed by atoms with van der Waals surface area (Å²) < 4.78 is 14.6. The Kier molecular flexibility index (Phi) is 7.82. The van der Waals surface area contributed by atoms with Crippen LogP contribution < -0.4 is 0 Å². The lowest BCUT2D eigenvalue weighted by Crippen LogP contribution is -2.81. The highest BCUT2D eigenvalue weighted by Gasteiger charge is 2.70. The third-order valence-electron chi connectivity index (χ3n) is 10.0. The van der Waals surface area contributed by atoms with Gasteiger partial charge in [-0.05, 0) is 48.6 Å². The summed E-state index contributed by atoms with van der Waals surface area (Å²) in [4.78, 5) is 0. The number of hydrogen-bond acceptors (Lipinski definition) is 2. The first-order chi connectivity index (χ1) is 13.1. The maximum Gasteiger partial charge on any atom is 0.347 e. The maximum atomic E-state index is 7.16. The third-order valence-corrected chi connectivity index (χ3v) is 32.9. The number of rotatable bonds is 5. The van der Waals surface area contributed by atoms with Gasteiger partial charge in [-0.25, -0.2) is 0 Å². The Hall–Kier alpha value is 0.886. The summed E-state index contributed by atoms with van der Waals surface area (Å²) >= 11 is -1.42. The van der Waals surface area contributed by atoms with Crippen molar-refractivity contribution in [3.63, 3.8) is 0 Å². The minimum atomic E-state index is -1.73. The standard InChI is InChI=1S/2C11H23OSi.C2H5.Al/c2*1-11(2,3)13(4,5)10-8-6-7-9-12-10;1-2;/h2*6-9H2,1-5H3;1H2,2H3;. The molecule has 29 heavy (non-hydrogen) atoms. The summed E-state index contributed by atoms with van der Waals surface area (Å²) in [7, 11) is -3.45. The molecule has 0 spiro atoms. The lowest BCUT2D eigenvalue weighted by Gasteiger charge is -2.64. The van der Waals surface area contributed by atoms with Crippen molar-refractivity contribution in [2.24, 2.45) is 0 Å². The molecule has 0 saturated carbocycles. The van der Waals surface area contributed by atoms with Gasteiger partial charge in [-0.1, -0.05) is 79.9 Å². The Morgan fingerprint density at radius 2 is 1.03 bits per heavy atom. The number of ether oxygens (including phenoxy) is 2. The van der Waals surface area contributed by atoms with Crippen LogP contribution in [0.3, 0.4) is 0 Å². The van der Waals surface area contributed by atoms with E-state index in [0.29, 0.717) is 10.1 Å². The maximum absolute atomic E-state index is 7.16. The van der Waals surface area contributed by atoms with Crippen LogP contribution in [-0.2, 0) is 9.47 Å². The Bertz CT molecular complexity index is 500. The first-order valence-corrected chi connectivity index (χ1v) is 20.4. The molecule has 2 unspecified atom stereocenters. The Morgan fingerprint density at radius 3 is 1.24 bits per heavy atom. The molecule has 170 valence electrons. The fourth-order valence-corrected chi connectivity index (χ4v) is 27.9. The summed E-state index contributed by atoms with van der Waals surface area (Å²) in [6.45, 7) is 30.1. The van der Waals surface area contributed by atoms with Crippen LogP contribution in [0.15, 0.2) is 0 Å². The van der Waals surface area contributed by atoms with Crippen LogP contribution >= 0.6 is 0 Å². The fraction of sp³-hybridized carbons (Fsp3) is 1.00. The van der Waals surface area contributed by atoms with Crippen molar-refractivity contribution in [2.75, 3.05) is 13.2 Å². The molecular formula is C24H51AlO2Si2. The highest BCUT2D eigenvalue weighted by Crippen LogP contribution is 2.56. The largest absolute Gasteiger partial charge is 0.393 e. The van der Waals surface area contributed by atoms with E-state index in [1.165, 1.54) is 43.8 Å². The van der Waals surface area contributed by atoms with Crippen LogP contribution in [0.2, 0.25) is 41.5 Å². The van der Waals surface area contributed by atoms with Gasteiger partial charge in [0.2, 0.25) is 0 Å². The molecule has 0 aromatic carbocycles. The quantitative estimate of drug-likeness (QED) is 0.399. The lowest BCUT2D eigenvalue weighted by molar-refractivity contribution is -0.0110. The summed E-state index contributed by atoms with van der Waals surface area (Å²) in [5, 5.41) is 2.00. The van der Waals surface area contributed by atoms with E-state index in [1.54, 1.807) is 0 Å². The highest BCUT2D eigenvalue weighted by molar-refractivity contribution is 7.02. The molecule has 0 aliphatic carbocycles. The van der Waals surface area contributed by atoms with Crippen molar-refractivity contribution >= 4 is 30.3 Å². The normalized spacial score (nSPS) is 30.3. The van der Waals surface area contributed by atoms with Crippen LogP contribution in [0.25, 0.3) is 0 Å². The molecule has 2 saturated heterocycles. The van der Waals surface area contributed by atoms with Crippen molar-refractivity contribution in [1.29, 1.82) is 0 Å². The molecule has 2 rings (SSSR count). The Labute approximate surface area is 189 Å². The van der Waals surface area contributed by atoms with Gasteiger partial charge in [-0.2, -0.15) is 0 Å². The van der Waals surface area contributed by atoms with E-state index in [2.05, 4.69) is 74.7 Å². The molecule has 2 heterocycles. The molecule has 0 amide bonds. The first kappa shape index (κ1) is 26.1. The molecule has 2 fully saturated rings. The zero-order valence-corrected chi connectivity index (χ0v) is 24.9. The van der Waals surface area contributed by atoms with Gasteiger partial charge in [0.05, 0.1) is 16.1 Å². The second kappa shape index (κ2) is 8.68. The molecular weight excluding hydrogens is 403 g/mol. The second-order valence-corrected chi connectivity index (χ2v) is 29.2. The Balaban J connectivity index is 2.74. The average molecular weight is 455 g/mol. The summed E-state index contributed by atoms with van der Waals surface area (Å²) in [6, 6.07) is 0. The summed E-state index contributed by atoms with van der Waals surface area (Å²) in [5.41, 5.74) is 0. The molecule has 2 atom stereocenters. The van der Waals surface area contributed by atoms with E-state index in [-0.39, 0.29) is 8.17 Å². The van der Waals surface area contributed by atoms with Crippen molar-refractivity contribution in [3.8, 4) is 0 Å². The average Bonchev–Trinajstić information content (AvgIpc) is 2.61. The van der Waals surface area contributed by atoms with Crippen LogP contribution in [0.5, 0.6) is 0 Å². The van der Waals surface area contributed by atoms with E-state index in [1.807, 2.05) is 0 Å². The number of hydrogen-bond donors (Lipinski definition) is 0. The van der Waals surface area contributed by atoms with E-state index >= 15 is 0 Å².